The number of halogens is 1. The van der Waals surface area contributed by atoms with E-state index in [0.717, 1.165) is 0 Å². The van der Waals surface area contributed by atoms with Crippen molar-refractivity contribution in [2.24, 2.45) is 17.8 Å². The summed E-state index contributed by atoms with van der Waals surface area (Å²) in [5, 5.41) is 9.48. The summed E-state index contributed by atoms with van der Waals surface area (Å²) in [6.07, 6.45) is 1.81. The Morgan fingerprint density at radius 2 is 1.78 bits per heavy atom. The van der Waals surface area contributed by atoms with Crippen molar-refractivity contribution in [1.82, 2.24) is 10.4 Å². The average Bonchev–Trinajstić information content (AvgIpc) is 2.66. The van der Waals surface area contributed by atoms with Crippen molar-refractivity contribution in [3.05, 3.63) is 34.9 Å². The number of Topliss-reactive ketones (excluding diaryl/α,β-unsaturated/α-hetero) is 1. The summed E-state index contributed by atoms with van der Waals surface area (Å²) in [7, 11) is 0. The Hall–Kier alpha value is -1.92. The molecule has 0 bridgehead atoms. The van der Waals surface area contributed by atoms with E-state index in [0.29, 0.717) is 42.9 Å². The second-order valence-corrected chi connectivity index (χ2v) is 7.97. The van der Waals surface area contributed by atoms with Crippen molar-refractivity contribution in [3.63, 3.8) is 0 Å². The summed E-state index contributed by atoms with van der Waals surface area (Å²) in [6, 6.07) is 6.86. The van der Waals surface area contributed by atoms with Crippen LogP contribution < -0.4 is 5.48 Å². The molecule has 1 aromatic carbocycles. The lowest BCUT2D eigenvalue weighted by Crippen LogP contribution is -2.42. The van der Waals surface area contributed by atoms with Gasteiger partial charge in [0.15, 0.2) is 5.78 Å². The topological polar surface area (TPSA) is 86.7 Å². The number of ketones is 1. The van der Waals surface area contributed by atoms with Gasteiger partial charge in [-0.3, -0.25) is 19.6 Å². The predicted octanol–water partition coefficient (Wildman–Crippen LogP) is 3.32. The number of amides is 2. The lowest BCUT2D eigenvalue weighted by Gasteiger charge is -2.32. The first-order chi connectivity index (χ1) is 12.8. The Bertz CT molecular complexity index is 667. The quantitative estimate of drug-likeness (QED) is 0.422. The van der Waals surface area contributed by atoms with Crippen LogP contribution in [0.2, 0.25) is 5.02 Å². The van der Waals surface area contributed by atoms with Crippen LogP contribution in [-0.4, -0.2) is 40.8 Å². The Kier molecular flexibility index (Phi) is 7.80. The maximum absolute atomic E-state index is 12.6. The van der Waals surface area contributed by atoms with Gasteiger partial charge >= 0.3 is 0 Å². The van der Waals surface area contributed by atoms with Crippen molar-refractivity contribution in [2.75, 3.05) is 13.1 Å². The maximum atomic E-state index is 12.6. The zero-order valence-electron chi connectivity index (χ0n) is 15.8. The van der Waals surface area contributed by atoms with E-state index < -0.39 is 11.8 Å². The molecule has 1 aliphatic heterocycles. The molecule has 2 rings (SSSR count). The molecule has 1 saturated heterocycles. The van der Waals surface area contributed by atoms with Gasteiger partial charge in [-0.2, -0.15) is 0 Å². The fourth-order valence-electron chi connectivity index (χ4n) is 3.52. The Labute approximate surface area is 164 Å². The van der Waals surface area contributed by atoms with Crippen LogP contribution in [0.3, 0.4) is 0 Å². The van der Waals surface area contributed by atoms with E-state index in [2.05, 4.69) is 0 Å². The lowest BCUT2D eigenvalue weighted by atomic mass is 9.88. The monoisotopic (exact) mass is 394 g/mol. The maximum Gasteiger partial charge on any atom is 0.246 e. The van der Waals surface area contributed by atoms with Crippen LogP contribution in [0.4, 0.5) is 0 Å². The molecule has 2 N–H and O–H groups in total. The van der Waals surface area contributed by atoms with Gasteiger partial charge in [-0.05, 0) is 49.4 Å². The highest BCUT2D eigenvalue weighted by Gasteiger charge is 2.30. The zero-order chi connectivity index (χ0) is 20.0. The first-order valence-corrected chi connectivity index (χ1v) is 9.71. The highest BCUT2D eigenvalue weighted by Crippen LogP contribution is 2.24. The van der Waals surface area contributed by atoms with E-state index in [1.165, 1.54) is 0 Å². The number of carbonyl (C=O) groups is 3. The van der Waals surface area contributed by atoms with Crippen molar-refractivity contribution in [2.45, 2.75) is 39.5 Å². The number of benzene rings is 1. The largest absolute Gasteiger partial charge is 0.343 e. The number of nitrogens with one attached hydrogen (secondary N) is 1. The molecular formula is C20H27ClN2O4. The van der Waals surface area contributed by atoms with Crippen LogP contribution in [0.5, 0.6) is 0 Å². The van der Waals surface area contributed by atoms with Gasteiger partial charge in [-0.25, -0.2) is 5.48 Å². The third-order valence-corrected chi connectivity index (χ3v) is 5.26. The fraction of sp³-hybridized carbons (Fsp3) is 0.550. The first kappa shape index (κ1) is 21.4. The Balaban J connectivity index is 1.90. The molecule has 0 spiro atoms. The van der Waals surface area contributed by atoms with Crippen molar-refractivity contribution < 1.29 is 19.6 Å². The highest BCUT2D eigenvalue weighted by molar-refractivity contribution is 6.30. The minimum atomic E-state index is -0.545. The summed E-state index contributed by atoms with van der Waals surface area (Å²) in [5.74, 6) is -0.969. The fourth-order valence-corrected chi connectivity index (χ4v) is 3.65. The minimum Gasteiger partial charge on any atom is -0.343 e. The summed E-state index contributed by atoms with van der Waals surface area (Å²) in [4.78, 5) is 38.7. The molecule has 1 aromatic rings. The number of nitrogens with zero attached hydrogens (tertiary/aromatic N) is 1. The van der Waals surface area contributed by atoms with E-state index in [1.807, 2.05) is 13.8 Å². The number of hydrogen-bond donors (Lipinski definition) is 2. The van der Waals surface area contributed by atoms with Gasteiger partial charge in [0.2, 0.25) is 11.8 Å². The average molecular weight is 395 g/mol. The number of likely N-dealkylation sites (tertiary alicyclic amines) is 1. The first-order valence-electron chi connectivity index (χ1n) is 9.33. The molecule has 1 aliphatic rings. The number of rotatable bonds is 7. The normalized spacial score (nSPS) is 16.3. The molecule has 0 aliphatic carbocycles. The SMILES string of the molecule is CC(C)C[C@@H](CC(=O)N1CCC(C(=O)c2ccc(Cl)cc2)CC1)C(=O)NO. The van der Waals surface area contributed by atoms with Crippen LogP contribution in [0.15, 0.2) is 24.3 Å². The summed E-state index contributed by atoms with van der Waals surface area (Å²) in [6.45, 7) is 4.93. The van der Waals surface area contributed by atoms with Crippen LogP contribution in [0.25, 0.3) is 0 Å². The van der Waals surface area contributed by atoms with E-state index in [1.54, 1.807) is 34.6 Å². The molecule has 6 nitrogen and oxygen atoms in total. The molecule has 27 heavy (non-hydrogen) atoms. The molecule has 1 heterocycles. The Morgan fingerprint density at radius 1 is 1.19 bits per heavy atom. The molecule has 0 saturated carbocycles. The standard InChI is InChI=1S/C20H27ClN2O4/c1-13(2)11-16(20(26)22-27)12-18(24)23-9-7-15(8-10-23)19(25)14-3-5-17(21)6-4-14/h3-6,13,15-16,27H,7-12H2,1-2H3,(H,22,26)/t16-/m0/s1. The highest BCUT2D eigenvalue weighted by atomic mass is 35.5. The van der Waals surface area contributed by atoms with Gasteiger partial charge < -0.3 is 4.90 Å². The molecular weight excluding hydrogens is 368 g/mol. The van der Waals surface area contributed by atoms with Gasteiger partial charge in [0.05, 0.1) is 0 Å². The molecule has 148 valence electrons. The number of carbonyl (C=O) groups excluding carboxylic acids is 3. The molecule has 0 radical (unpaired) electrons. The van der Waals surface area contributed by atoms with E-state index in [9.17, 15) is 14.4 Å². The smallest absolute Gasteiger partial charge is 0.246 e. The van der Waals surface area contributed by atoms with E-state index in [4.69, 9.17) is 16.8 Å². The predicted molar refractivity (Wildman–Crippen MR) is 103 cm³/mol. The van der Waals surface area contributed by atoms with Crippen molar-refractivity contribution >= 4 is 29.2 Å². The number of piperidine rings is 1. The van der Waals surface area contributed by atoms with Crippen LogP contribution >= 0.6 is 11.6 Å². The summed E-state index contributed by atoms with van der Waals surface area (Å²) in [5.41, 5.74) is 2.30. The van der Waals surface area contributed by atoms with Gasteiger partial charge in [0.1, 0.15) is 0 Å². The Morgan fingerprint density at radius 3 is 2.30 bits per heavy atom. The van der Waals surface area contributed by atoms with Gasteiger partial charge in [-0.1, -0.05) is 25.4 Å². The van der Waals surface area contributed by atoms with Crippen LogP contribution in [0, 0.1) is 17.8 Å². The van der Waals surface area contributed by atoms with E-state index >= 15 is 0 Å². The third-order valence-electron chi connectivity index (χ3n) is 5.01. The third kappa shape index (κ3) is 6.04. The minimum absolute atomic E-state index is 0.0698. The molecule has 2 amide bonds. The van der Waals surface area contributed by atoms with Gasteiger partial charge in [-0.15, -0.1) is 0 Å². The van der Waals surface area contributed by atoms with Crippen molar-refractivity contribution in [1.29, 1.82) is 0 Å². The second kappa shape index (κ2) is 9.85. The van der Waals surface area contributed by atoms with Crippen molar-refractivity contribution in [3.8, 4) is 0 Å². The molecule has 1 fully saturated rings. The molecule has 7 heteroatoms. The number of hydroxylamine groups is 1. The zero-order valence-corrected chi connectivity index (χ0v) is 16.5. The van der Waals surface area contributed by atoms with Crippen LogP contribution in [-0.2, 0) is 9.59 Å². The molecule has 0 aromatic heterocycles. The number of hydrogen-bond acceptors (Lipinski definition) is 4. The second-order valence-electron chi connectivity index (χ2n) is 7.53. The summed E-state index contributed by atoms with van der Waals surface area (Å²) >= 11 is 5.86. The molecule has 0 unspecified atom stereocenters. The molecule has 1 atom stereocenters. The van der Waals surface area contributed by atoms with Gasteiger partial charge in [0.25, 0.3) is 0 Å². The summed E-state index contributed by atoms with van der Waals surface area (Å²) < 4.78 is 0. The van der Waals surface area contributed by atoms with Gasteiger partial charge in [0, 0.05) is 41.9 Å². The lowest BCUT2D eigenvalue weighted by molar-refractivity contribution is -0.141. The van der Waals surface area contributed by atoms with E-state index in [-0.39, 0.29) is 29.9 Å². The van der Waals surface area contributed by atoms with Crippen LogP contribution in [0.1, 0.15) is 49.9 Å².